The zero-order valence-corrected chi connectivity index (χ0v) is 22.6. The average molecular weight is 611 g/mol. The lowest BCUT2D eigenvalue weighted by Gasteiger charge is -2.31. The van der Waals surface area contributed by atoms with Crippen LogP contribution in [0.25, 0.3) is 5.65 Å². The van der Waals surface area contributed by atoms with Gasteiger partial charge in [-0.15, -0.1) is 11.3 Å². The van der Waals surface area contributed by atoms with Crippen LogP contribution in [0.15, 0.2) is 23.8 Å². The van der Waals surface area contributed by atoms with Gasteiger partial charge in [0.2, 0.25) is 0 Å². The van der Waals surface area contributed by atoms with Crippen molar-refractivity contribution in [2.75, 3.05) is 31.1 Å². The van der Waals surface area contributed by atoms with Gasteiger partial charge in [0.15, 0.2) is 11.5 Å². The lowest BCUT2D eigenvalue weighted by molar-refractivity contribution is -0.193. The first-order valence-electron chi connectivity index (χ1n) is 12.5. The summed E-state index contributed by atoms with van der Waals surface area (Å²) in [6.45, 7) is 7.60. The molecule has 0 spiro atoms. The van der Waals surface area contributed by atoms with Crippen LogP contribution in [0.1, 0.15) is 48.0 Å². The van der Waals surface area contributed by atoms with E-state index in [1.165, 1.54) is 41.9 Å². The van der Waals surface area contributed by atoms with Gasteiger partial charge in [-0.3, -0.25) is 4.90 Å². The van der Waals surface area contributed by atoms with Gasteiger partial charge >= 0.3 is 24.3 Å². The second-order valence-corrected chi connectivity index (χ2v) is 10.3. The molecule has 10 nitrogen and oxygen atoms in total. The quantitative estimate of drug-likeness (QED) is 0.403. The van der Waals surface area contributed by atoms with Crippen molar-refractivity contribution >= 4 is 34.6 Å². The summed E-state index contributed by atoms with van der Waals surface area (Å²) in [5, 5.41) is 19.1. The number of hydrogen-bond donors (Lipinski definition) is 2. The van der Waals surface area contributed by atoms with Crippen LogP contribution in [0.4, 0.5) is 32.0 Å². The fourth-order valence-electron chi connectivity index (χ4n) is 4.32. The minimum atomic E-state index is -5.08. The number of carboxylic acids is 2. The number of hydrogen-bond acceptors (Lipinski definition) is 8. The number of rotatable bonds is 4. The van der Waals surface area contributed by atoms with E-state index >= 15 is 0 Å². The maximum absolute atomic E-state index is 10.6. The van der Waals surface area contributed by atoms with E-state index in [4.69, 9.17) is 29.9 Å². The smallest absolute Gasteiger partial charge is 0.475 e. The summed E-state index contributed by atoms with van der Waals surface area (Å²) in [7, 11) is 0. The van der Waals surface area contributed by atoms with E-state index in [1.54, 1.807) is 11.3 Å². The highest BCUT2D eigenvalue weighted by molar-refractivity contribution is 7.09. The third kappa shape index (κ3) is 9.27. The molecular weight excluding hydrogens is 582 g/mol. The number of carboxylic acid groups (broad SMARTS) is 2. The van der Waals surface area contributed by atoms with E-state index in [2.05, 4.69) is 40.0 Å². The Morgan fingerprint density at radius 3 is 2.15 bits per heavy atom. The van der Waals surface area contributed by atoms with Crippen LogP contribution in [-0.4, -0.2) is 85.2 Å². The Kier molecular flexibility index (Phi) is 10.5. The van der Waals surface area contributed by atoms with Crippen molar-refractivity contribution in [2.24, 2.45) is 0 Å². The predicted molar refractivity (Wildman–Crippen MR) is 136 cm³/mol. The van der Waals surface area contributed by atoms with Crippen molar-refractivity contribution < 1.29 is 46.1 Å². The van der Waals surface area contributed by atoms with Crippen LogP contribution < -0.4 is 4.90 Å². The Balaban J connectivity index is 0.000000276. The topological polar surface area (TPSA) is 124 Å². The third-order valence-corrected chi connectivity index (χ3v) is 7.29. The average Bonchev–Trinajstić information content (AvgIpc) is 3.65. The minimum Gasteiger partial charge on any atom is -0.475 e. The lowest BCUT2D eigenvalue weighted by atomic mass is 9.97. The maximum atomic E-state index is 10.6. The van der Waals surface area contributed by atoms with Crippen LogP contribution in [-0.2, 0) is 16.1 Å². The normalized spacial score (nSPS) is 17.9. The van der Waals surface area contributed by atoms with Gasteiger partial charge < -0.3 is 15.1 Å². The first-order chi connectivity index (χ1) is 19.1. The molecule has 17 heteroatoms. The van der Waals surface area contributed by atoms with Crippen molar-refractivity contribution in [2.45, 2.75) is 57.4 Å². The highest BCUT2D eigenvalue weighted by Crippen LogP contribution is 2.28. The van der Waals surface area contributed by atoms with Crippen LogP contribution in [0.5, 0.6) is 0 Å². The summed E-state index contributed by atoms with van der Waals surface area (Å²) in [4.78, 5) is 33.4. The molecule has 0 bridgehead atoms. The number of piperidine rings is 1. The van der Waals surface area contributed by atoms with Crippen molar-refractivity contribution in [1.82, 2.24) is 24.5 Å². The second kappa shape index (κ2) is 13.5. The number of aliphatic carboxylic acids is 2. The molecule has 2 N–H and O–H groups in total. The number of thiazole rings is 1. The Labute approximate surface area is 234 Å². The van der Waals surface area contributed by atoms with Gasteiger partial charge in [0.05, 0.1) is 23.1 Å². The van der Waals surface area contributed by atoms with E-state index in [0.717, 1.165) is 44.2 Å². The molecule has 3 aromatic rings. The minimum absolute atomic E-state index is 0.419. The first kappa shape index (κ1) is 32.0. The van der Waals surface area contributed by atoms with Crippen molar-refractivity contribution in [3.05, 3.63) is 40.2 Å². The van der Waals surface area contributed by atoms with Crippen LogP contribution >= 0.6 is 11.3 Å². The SMILES string of the molecule is Cc1ncsc1CN1CCCC(c2nc3ccc(N4CCCC4)cn3n2)C1.O=C(O)C(F)(F)F.O=C(O)C(F)(F)F. The molecule has 0 radical (unpaired) electrons. The molecule has 0 aliphatic carbocycles. The highest BCUT2D eigenvalue weighted by Gasteiger charge is 2.39. The van der Waals surface area contributed by atoms with Gasteiger partial charge in [-0.25, -0.2) is 24.1 Å². The molecule has 2 aliphatic heterocycles. The monoisotopic (exact) mass is 610 g/mol. The molecule has 226 valence electrons. The molecular formula is C24H28F6N6O4S. The summed E-state index contributed by atoms with van der Waals surface area (Å²) in [6.07, 6.45) is -3.06. The molecule has 1 unspecified atom stereocenters. The number of aromatic nitrogens is 4. The van der Waals surface area contributed by atoms with Crippen molar-refractivity contribution in [1.29, 1.82) is 0 Å². The fourth-order valence-corrected chi connectivity index (χ4v) is 5.13. The van der Waals surface area contributed by atoms with E-state index < -0.39 is 24.3 Å². The molecule has 41 heavy (non-hydrogen) atoms. The number of aryl methyl sites for hydroxylation is 1. The molecule has 5 rings (SSSR count). The van der Waals surface area contributed by atoms with Crippen LogP contribution in [0.2, 0.25) is 0 Å². The largest absolute Gasteiger partial charge is 0.490 e. The van der Waals surface area contributed by atoms with Gasteiger partial charge in [-0.1, -0.05) is 0 Å². The number of nitrogens with zero attached hydrogens (tertiary/aromatic N) is 6. The highest BCUT2D eigenvalue weighted by atomic mass is 32.1. The molecule has 5 heterocycles. The van der Waals surface area contributed by atoms with Gasteiger partial charge in [0.25, 0.3) is 0 Å². The third-order valence-electron chi connectivity index (χ3n) is 6.37. The first-order valence-corrected chi connectivity index (χ1v) is 13.4. The molecule has 3 aromatic heterocycles. The predicted octanol–water partition coefficient (Wildman–Crippen LogP) is 4.74. The number of likely N-dealkylation sites (tertiary alicyclic amines) is 1. The van der Waals surface area contributed by atoms with Crippen molar-refractivity contribution in [3.63, 3.8) is 0 Å². The number of fused-ring (bicyclic) bond motifs is 1. The summed E-state index contributed by atoms with van der Waals surface area (Å²) >= 11 is 1.76. The maximum Gasteiger partial charge on any atom is 0.490 e. The Hall–Kier alpha value is -3.47. The molecule has 2 saturated heterocycles. The summed E-state index contributed by atoms with van der Waals surface area (Å²) in [6, 6.07) is 4.31. The van der Waals surface area contributed by atoms with E-state index in [0.29, 0.717) is 5.92 Å². The standard InChI is InChI=1S/C20H26N6S.2C2HF3O2/c1-15-18(27-14-21-15)13-24-8-4-5-16(11-24)20-22-19-7-6-17(12-26(19)23-20)25-9-2-3-10-25;2*3-2(4,5)1(6)7/h6-7,12,14,16H,2-5,8-11,13H2,1H3;2*(H,6,7). The van der Waals surface area contributed by atoms with Gasteiger partial charge in [0.1, 0.15) is 0 Å². The second-order valence-electron chi connectivity index (χ2n) is 9.40. The van der Waals surface area contributed by atoms with E-state index in [-0.39, 0.29) is 0 Å². The zero-order valence-electron chi connectivity index (χ0n) is 21.8. The molecule has 2 fully saturated rings. The van der Waals surface area contributed by atoms with Gasteiger partial charge in [-0.05, 0) is 51.3 Å². The summed E-state index contributed by atoms with van der Waals surface area (Å²) < 4.78 is 65.5. The van der Waals surface area contributed by atoms with Crippen molar-refractivity contribution in [3.8, 4) is 0 Å². The van der Waals surface area contributed by atoms with E-state index in [9.17, 15) is 26.3 Å². The van der Waals surface area contributed by atoms with E-state index in [1.807, 2.05) is 10.0 Å². The Morgan fingerprint density at radius 2 is 1.61 bits per heavy atom. The molecule has 0 saturated carbocycles. The van der Waals surface area contributed by atoms with Gasteiger partial charge in [-0.2, -0.15) is 31.4 Å². The number of halogens is 6. The Morgan fingerprint density at radius 1 is 1.00 bits per heavy atom. The van der Waals surface area contributed by atoms with Crippen LogP contribution in [0.3, 0.4) is 0 Å². The lowest BCUT2D eigenvalue weighted by Crippen LogP contribution is -2.34. The molecule has 0 amide bonds. The molecule has 0 aromatic carbocycles. The summed E-state index contributed by atoms with van der Waals surface area (Å²) in [5.41, 5.74) is 5.35. The molecule has 2 aliphatic rings. The fraction of sp³-hybridized carbons (Fsp3) is 0.542. The number of alkyl halides is 6. The number of anilines is 1. The van der Waals surface area contributed by atoms with Gasteiger partial charge in [0, 0.05) is 37.0 Å². The zero-order chi connectivity index (χ0) is 30.4. The van der Waals surface area contributed by atoms with Crippen LogP contribution in [0, 0.1) is 6.92 Å². The number of carbonyl (C=O) groups is 2. The molecule has 1 atom stereocenters. The summed E-state index contributed by atoms with van der Waals surface area (Å²) in [5.74, 6) is -4.10. The number of pyridine rings is 1. The Bertz CT molecular complexity index is 1300.